The van der Waals surface area contributed by atoms with Gasteiger partial charge in [-0.3, -0.25) is 4.79 Å². The maximum absolute atomic E-state index is 11.9. The summed E-state index contributed by atoms with van der Waals surface area (Å²) in [6.07, 6.45) is 1.37. The van der Waals surface area contributed by atoms with E-state index in [9.17, 15) is 9.18 Å². The van der Waals surface area contributed by atoms with E-state index in [2.05, 4.69) is 11.9 Å². The molecule has 0 aliphatic carbocycles. The van der Waals surface area contributed by atoms with Crippen LogP contribution in [0.3, 0.4) is 0 Å². The maximum Gasteiger partial charge on any atom is 0.255 e. The third-order valence-electron chi connectivity index (χ3n) is 2.00. The molecule has 2 rings (SSSR count). The molecule has 0 aromatic heterocycles. The molecule has 0 saturated heterocycles. The molecule has 2 nitrogen and oxygen atoms in total. The van der Waals surface area contributed by atoms with Crippen LogP contribution in [0.4, 0.5) is 4.39 Å². The third kappa shape index (κ3) is 5.07. The fraction of sp³-hybridized carbons (Fsp3) is 0. The molecular weight excluding hydrogens is 229 g/mol. The zero-order chi connectivity index (χ0) is 13.2. The van der Waals surface area contributed by atoms with Gasteiger partial charge < -0.3 is 5.32 Å². The van der Waals surface area contributed by atoms with Gasteiger partial charge >= 0.3 is 0 Å². The minimum atomic E-state index is -0.178. The second-order valence-electron chi connectivity index (χ2n) is 3.34. The molecule has 18 heavy (non-hydrogen) atoms. The van der Waals surface area contributed by atoms with Crippen molar-refractivity contribution >= 4 is 5.91 Å². The predicted molar refractivity (Wildman–Crippen MR) is 70.5 cm³/mol. The van der Waals surface area contributed by atoms with Crippen molar-refractivity contribution in [2.75, 3.05) is 0 Å². The van der Waals surface area contributed by atoms with E-state index in [1.54, 1.807) is 30.3 Å². The van der Waals surface area contributed by atoms with Gasteiger partial charge in [-0.25, -0.2) is 4.39 Å². The number of hydrogen-bond donors (Lipinski definition) is 1. The lowest BCUT2D eigenvalue weighted by Crippen LogP contribution is -2.15. The van der Waals surface area contributed by atoms with Crippen LogP contribution in [0.2, 0.25) is 0 Å². The molecule has 1 amide bonds. The van der Waals surface area contributed by atoms with Crippen LogP contribution in [0.1, 0.15) is 10.4 Å². The van der Waals surface area contributed by atoms with Crippen molar-refractivity contribution in [2.45, 2.75) is 0 Å². The van der Waals surface area contributed by atoms with Gasteiger partial charge in [-0.15, -0.1) is 0 Å². The monoisotopic (exact) mass is 243 g/mol. The fourth-order valence-electron chi connectivity index (χ4n) is 1.18. The number of amides is 1. The van der Waals surface area contributed by atoms with Crippen LogP contribution < -0.4 is 5.32 Å². The zero-order valence-electron chi connectivity index (χ0n) is 9.84. The van der Waals surface area contributed by atoms with E-state index in [-0.39, 0.29) is 11.7 Å². The maximum atomic E-state index is 11.9. The summed E-state index contributed by atoms with van der Waals surface area (Å²) in [4.78, 5) is 11.1. The number of nitrogens with one attached hydrogen (secondary N) is 1. The Labute approximate surface area is 106 Å². The van der Waals surface area contributed by atoms with Gasteiger partial charge in [-0.1, -0.05) is 43.0 Å². The van der Waals surface area contributed by atoms with Crippen molar-refractivity contribution in [3.8, 4) is 0 Å². The molecule has 0 spiro atoms. The summed E-state index contributed by atoms with van der Waals surface area (Å²) in [5.74, 6) is -0.303. The molecule has 0 aliphatic heterocycles. The Morgan fingerprint density at radius 3 is 1.89 bits per heavy atom. The molecule has 0 unspecified atom stereocenters. The quantitative estimate of drug-likeness (QED) is 0.860. The van der Waals surface area contributed by atoms with Crippen molar-refractivity contribution in [2.24, 2.45) is 0 Å². The number of carbonyl (C=O) groups is 1. The predicted octanol–water partition coefficient (Wildman–Crippen LogP) is 3.39. The van der Waals surface area contributed by atoms with E-state index in [1.807, 2.05) is 18.2 Å². The number of carbonyl (C=O) groups excluding carboxylic acids is 1. The van der Waals surface area contributed by atoms with Gasteiger partial charge in [0.15, 0.2) is 0 Å². The van der Waals surface area contributed by atoms with Gasteiger partial charge in [0.05, 0.1) is 0 Å². The molecule has 0 aliphatic rings. The SMILES string of the molecule is C=CNC(=O)c1ccccc1.Fc1ccccc1. The van der Waals surface area contributed by atoms with Crippen molar-refractivity contribution < 1.29 is 9.18 Å². The highest BCUT2D eigenvalue weighted by atomic mass is 19.1. The summed E-state index contributed by atoms with van der Waals surface area (Å²) in [7, 11) is 0. The molecule has 0 fully saturated rings. The highest BCUT2D eigenvalue weighted by Crippen LogP contribution is 1.96. The number of rotatable bonds is 2. The first-order chi connectivity index (χ1) is 8.74. The van der Waals surface area contributed by atoms with E-state index >= 15 is 0 Å². The molecule has 0 atom stereocenters. The summed E-state index contributed by atoms with van der Waals surface area (Å²) in [5.41, 5.74) is 0.646. The second-order valence-corrected chi connectivity index (χ2v) is 3.34. The summed E-state index contributed by atoms with van der Waals surface area (Å²) < 4.78 is 11.9. The van der Waals surface area contributed by atoms with Crippen LogP contribution in [0, 0.1) is 5.82 Å². The molecule has 3 heteroatoms. The Morgan fingerprint density at radius 2 is 1.50 bits per heavy atom. The largest absolute Gasteiger partial charge is 0.329 e. The molecule has 0 heterocycles. The van der Waals surface area contributed by atoms with Gasteiger partial charge in [0.25, 0.3) is 5.91 Å². The van der Waals surface area contributed by atoms with Crippen molar-refractivity contribution in [3.05, 3.63) is 84.8 Å². The van der Waals surface area contributed by atoms with Gasteiger partial charge in [-0.05, 0) is 30.5 Å². The van der Waals surface area contributed by atoms with Crippen molar-refractivity contribution in [1.29, 1.82) is 0 Å². The van der Waals surface area contributed by atoms with Crippen LogP contribution in [-0.2, 0) is 0 Å². The first-order valence-electron chi connectivity index (χ1n) is 5.41. The van der Waals surface area contributed by atoms with E-state index in [0.717, 1.165) is 0 Å². The normalized spacial score (nSPS) is 8.72. The first kappa shape index (κ1) is 13.6. The molecule has 1 N–H and O–H groups in total. The van der Waals surface area contributed by atoms with Crippen molar-refractivity contribution in [1.82, 2.24) is 5.32 Å². The first-order valence-corrected chi connectivity index (χ1v) is 5.41. The van der Waals surface area contributed by atoms with Gasteiger partial charge in [0, 0.05) is 5.56 Å². The van der Waals surface area contributed by atoms with Crippen LogP contribution in [0.25, 0.3) is 0 Å². The van der Waals surface area contributed by atoms with Gasteiger partial charge in [-0.2, -0.15) is 0 Å². The zero-order valence-corrected chi connectivity index (χ0v) is 9.84. The molecule has 2 aromatic rings. The van der Waals surface area contributed by atoms with Crippen LogP contribution in [0.5, 0.6) is 0 Å². The Kier molecular flexibility index (Phi) is 5.90. The Morgan fingerprint density at radius 1 is 1.00 bits per heavy atom. The molecule has 0 radical (unpaired) electrons. The van der Waals surface area contributed by atoms with Crippen LogP contribution >= 0.6 is 0 Å². The van der Waals surface area contributed by atoms with E-state index < -0.39 is 0 Å². The minimum absolute atomic E-state index is 0.124. The van der Waals surface area contributed by atoms with E-state index in [1.165, 1.54) is 18.3 Å². The molecule has 2 aromatic carbocycles. The van der Waals surface area contributed by atoms with Crippen LogP contribution in [0.15, 0.2) is 73.4 Å². The van der Waals surface area contributed by atoms with E-state index in [0.29, 0.717) is 5.56 Å². The third-order valence-corrected chi connectivity index (χ3v) is 2.00. The number of hydrogen-bond acceptors (Lipinski definition) is 1. The van der Waals surface area contributed by atoms with Gasteiger partial charge in [0.2, 0.25) is 0 Å². The Hall–Kier alpha value is -2.42. The topological polar surface area (TPSA) is 29.1 Å². The number of benzene rings is 2. The smallest absolute Gasteiger partial charge is 0.255 e. The average molecular weight is 243 g/mol. The highest BCUT2D eigenvalue weighted by Gasteiger charge is 1.99. The summed E-state index contributed by atoms with van der Waals surface area (Å²) in [6, 6.07) is 16.9. The standard InChI is InChI=1S/C9H9NO.C6H5F/c1-2-10-9(11)8-6-4-3-5-7-8;7-6-4-2-1-3-5-6/h2-7H,1H2,(H,10,11);1-5H. The summed E-state index contributed by atoms with van der Waals surface area (Å²) in [6.45, 7) is 3.39. The molecular formula is C15H14FNO. The lowest BCUT2D eigenvalue weighted by Gasteiger charge is -1.97. The Bertz CT molecular complexity index is 482. The lowest BCUT2D eigenvalue weighted by atomic mass is 10.2. The van der Waals surface area contributed by atoms with E-state index in [4.69, 9.17) is 0 Å². The van der Waals surface area contributed by atoms with Gasteiger partial charge in [0.1, 0.15) is 5.82 Å². The average Bonchev–Trinajstić information content (AvgIpc) is 2.42. The summed E-state index contributed by atoms with van der Waals surface area (Å²) >= 11 is 0. The molecule has 92 valence electrons. The van der Waals surface area contributed by atoms with Crippen molar-refractivity contribution in [3.63, 3.8) is 0 Å². The van der Waals surface area contributed by atoms with Crippen LogP contribution in [-0.4, -0.2) is 5.91 Å². The summed E-state index contributed by atoms with van der Waals surface area (Å²) in [5, 5.41) is 2.49. The second kappa shape index (κ2) is 7.79. The Balaban J connectivity index is 0.000000199. The molecule has 0 saturated carbocycles. The minimum Gasteiger partial charge on any atom is -0.329 e. The highest BCUT2D eigenvalue weighted by molar-refractivity contribution is 5.94. The number of halogens is 1. The fourth-order valence-corrected chi connectivity index (χ4v) is 1.18. The molecule has 0 bridgehead atoms. The lowest BCUT2D eigenvalue weighted by molar-refractivity contribution is 0.0970.